The van der Waals surface area contributed by atoms with Crippen LogP contribution in [0.2, 0.25) is 0 Å². The molecule has 4 nitrogen and oxygen atoms in total. The van der Waals surface area contributed by atoms with E-state index >= 15 is 0 Å². The third kappa shape index (κ3) is 2.59. The molecule has 1 atom stereocenters. The van der Waals surface area contributed by atoms with E-state index < -0.39 is 0 Å². The van der Waals surface area contributed by atoms with Crippen molar-refractivity contribution < 1.29 is 0 Å². The van der Waals surface area contributed by atoms with E-state index in [2.05, 4.69) is 46.6 Å². The van der Waals surface area contributed by atoms with Crippen LogP contribution in [0.1, 0.15) is 28.8 Å². The Morgan fingerprint density at radius 3 is 2.50 bits per heavy atom. The van der Waals surface area contributed by atoms with Gasteiger partial charge >= 0.3 is 0 Å². The topological polar surface area (TPSA) is 42.7 Å². The molecule has 0 aliphatic carbocycles. The fraction of sp³-hybridized carbons (Fsp3) is 0.429. The first-order chi connectivity index (χ1) is 8.61. The summed E-state index contributed by atoms with van der Waals surface area (Å²) in [4.78, 5) is 4.34. The molecular formula is C14H20N4. The van der Waals surface area contributed by atoms with Crippen molar-refractivity contribution in [2.24, 2.45) is 0 Å². The molecule has 1 N–H and O–H groups in total. The second-order valence-electron chi connectivity index (χ2n) is 4.59. The van der Waals surface area contributed by atoms with Crippen molar-refractivity contribution in [2.45, 2.75) is 33.4 Å². The van der Waals surface area contributed by atoms with Gasteiger partial charge in [-0.15, -0.1) is 0 Å². The Balaban J connectivity index is 2.25. The maximum atomic E-state index is 4.42. The molecule has 2 rings (SSSR count). The van der Waals surface area contributed by atoms with Crippen molar-refractivity contribution in [1.29, 1.82) is 0 Å². The van der Waals surface area contributed by atoms with Gasteiger partial charge in [0.1, 0.15) is 11.6 Å². The first kappa shape index (κ1) is 12.8. The number of aromatic nitrogens is 3. The summed E-state index contributed by atoms with van der Waals surface area (Å²) in [7, 11) is 1.98. The SMILES string of the molecule is CNC(Cn1nc(C)nc1C)c1ccccc1C. The molecule has 0 bridgehead atoms. The third-order valence-corrected chi connectivity index (χ3v) is 3.23. The van der Waals surface area contributed by atoms with E-state index in [1.807, 2.05) is 25.6 Å². The highest BCUT2D eigenvalue weighted by atomic mass is 15.3. The average Bonchev–Trinajstić information content (AvgIpc) is 2.66. The Labute approximate surface area is 108 Å². The molecule has 1 heterocycles. The number of hydrogen-bond donors (Lipinski definition) is 1. The Morgan fingerprint density at radius 1 is 1.22 bits per heavy atom. The normalized spacial score (nSPS) is 12.7. The molecule has 2 aromatic rings. The van der Waals surface area contributed by atoms with Gasteiger partial charge in [-0.1, -0.05) is 24.3 Å². The predicted octanol–water partition coefficient (Wildman–Crippen LogP) is 2.16. The molecule has 18 heavy (non-hydrogen) atoms. The molecule has 1 unspecified atom stereocenters. The number of aryl methyl sites for hydroxylation is 3. The Kier molecular flexibility index (Phi) is 3.77. The largest absolute Gasteiger partial charge is 0.311 e. The Morgan fingerprint density at radius 2 is 1.94 bits per heavy atom. The van der Waals surface area contributed by atoms with E-state index in [9.17, 15) is 0 Å². The second kappa shape index (κ2) is 5.31. The summed E-state index contributed by atoms with van der Waals surface area (Å²) < 4.78 is 1.96. The minimum atomic E-state index is 0.256. The maximum Gasteiger partial charge on any atom is 0.147 e. The van der Waals surface area contributed by atoms with Crippen molar-refractivity contribution in [3.63, 3.8) is 0 Å². The van der Waals surface area contributed by atoms with Crippen LogP contribution in [-0.2, 0) is 6.54 Å². The smallest absolute Gasteiger partial charge is 0.147 e. The van der Waals surface area contributed by atoms with Crippen LogP contribution >= 0.6 is 0 Å². The number of hydrogen-bond acceptors (Lipinski definition) is 3. The van der Waals surface area contributed by atoms with Crippen LogP contribution in [0.4, 0.5) is 0 Å². The van der Waals surface area contributed by atoms with Gasteiger partial charge in [-0.25, -0.2) is 9.67 Å². The average molecular weight is 244 g/mol. The van der Waals surface area contributed by atoms with Crippen molar-refractivity contribution >= 4 is 0 Å². The summed E-state index contributed by atoms with van der Waals surface area (Å²) in [5, 5.41) is 7.77. The van der Waals surface area contributed by atoms with Gasteiger partial charge in [-0.3, -0.25) is 0 Å². The van der Waals surface area contributed by atoms with Gasteiger partial charge < -0.3 is 5.32 Å². The van der Waals surface area contributed by atoms with E-state index in [1.54, 1.807) is 0 Å². The molecule has 0 saturated carbocycles. The van der Waals surface area contributed by atoms with Crippen molar-refractivity contribution in [2.75, 3.05) is 7.05 Å². The highest BCUT2D eigenvalue weighted by Crippen LogP contribution is 2.19. The fourth-order valence-electron chi connectivity index (χ4n) is 2.23. The van der Waals surface area contributed by atoms with Crippen molar-refractivity contribution in [3.8, 4) is 0 Å². The second-order valence-corrected chi connectivity index (χ2v) is 4.59. The van der Waals surface area contributed by atoms with Crippen molar-refractivity contribution in [3.05, 3.63) is 47.0 Å². The molecule has 0 spiro atoms. The quantitative estimate of drug-likeness (QED) is 0.896. The van der Waals surface area contributed by atoms with E-state index in [0.717, 1.165) is 18.2 Å². The minimum Gasteiger partial charge on any atom is -0.311 e. The van der Waals surface area contributed by atoms with Gasteiger partial charge in [-0.05, 0) is 38.9 Å². The molecule has 0 aliphatic heterocycles. The van der Waals surface area contributed by atoms with Crippen LogP contribution in [0.5, 0.6) is 0 Å². The van der Waals surface area contributed by atoms with E-state index in [4.69, 9.17) is 0 Å². The van der Waals surface area contributed by atoms with E-state index in [-0.39, 0.29) is 6.04 Å². The summed E-state index contributed by atoms with van der Waals surface area (Å²) >= 11 is 0. The summed E-state index contributed by atoms with van der Waals surface area (Å²) in [5.74, 6) is 1.79. The summed E-state index contributed by atoms with van der Waals surface area (Å²) in [6.45, 7) is 6.85. The number of nitrogens with zero attached hydrogens (tertiary/aromatic N) is 3. The van der Waals surface area contributed by atoms with Crippen LogP contribution in [0.15, 0.2) is 24.3 Å². The van der Waals surface area contributed by atoms with Gasteiger partial charge in [0.2, 0.25) is 0 Å². The zero-order valence-corrected chi connectivity index (χ0v) is 11.4. The van der Waals surface area contributed by atoms with E-state index in [1.165, 1.54) is 11.1 Å². The van der Waals surface area contributed by atoms with Gasteiger partial charge in [-0.2, -0.15) is 5.10 Å². The summed E-state index contributed by atoms with van der Waals surface area (Å²) in [6, 6.07) is 8.70. The molecule has 4 heteroatoms. The Hall–Kier alpha value is -1.68. The van der Waals surface area contributed by atoms with Gasteiger partial charge in [0.25, 0.3) is 0 Å². The number of nitrogens with one attached hydrogen (secondary N) is 1. The monoisotopic (exact) mass is 244 g/mol. The number of benzene rings is 1. The third-order valence-electron chi connectivity index (χ3n) is 3.23. The standard InChI is InChI=1S/C14H20N4/c1-10-7-5-6-8-13(10)14(15-4)9-18-12(3)16-11(2)17-18/h5-8,14-15H,9H2,1-4H3. The van der Waals surface area contributed by atoms with Crippen LogP contribution in [0.25, 0.3) is 0 Å². The molecule has 1 aromatic carbocycles. The Bertz CT molecular complexity index is 530. The molecule has 96 valence electrons. The first-order valence-corrected chi connectivity index (χ1v) is 6.22. The molecule has 0 radical (unpaired) electrons. The lowest BCUT2D eigenvalue weighted by atomic mass is 10.0. The zero-order chi connectivity index (χ0) is 13.1. The summed E-state index contributed by atoms with van der Waals surface area (Å²) in [6.07, 6.45) is 0. The fourth-order valence-corrected chi connectivity index (χ4v) is 2.23. The van der Waals surface area contributed by atoms with E-state index in [0.29, 0.717) is 0 Å². The highest BCUT2D eigenvalue weighted by molar-refractivity contribution is 5.28. The van der Waals surface area contributed by atoms with Crippen LogP contribution < -0.4 is 5.32 Å². The van der Waals surface area contributed by atoms with Gasteiger partial charge in [0, 0.05) is 0 Å². The lowest BCUT2D eigenvalue weighted by Gasteiger charge is -2.19. The highest BCUT2D eigenvalue weighted by Gasteiger charge is 2.14. The molecule has 0 saturated heterocycles. The van der Waals surface area contributed by atoms with Gasteiger partial charge in [0.05, 0.1) is 12.6 Å². The molecule has 0 fully saturated rings. The van der Waals surface area contributed by atoms with Gasteiger partial charge in [0.15, 0.2) is 0 Å². The molecular weight excluding hydrogens is 224 g/mol. The van der Waals surface area contributed by atoms with Crippen LogP contribution in [-0.4, -0.2) is 21.8 Å². The first-order valence-electron chi connectivity index (χ1n) is 6.22. The maximum absolute atomic E-state index is 4.42. The number of likely N-dealkylation sites (N-methyl/N-ethyl adjacent to an activating group) is 1. The molecule has 0 aliphatic rings. The van der Waals surface area contributed by atoms with Crippen LogP contribution in [0.3, 0.4) is 0 Å². The predicted molar refractivity (Wildman–Crippen MR) is 72.5 cm³/mol. The molecule has 0 amide bonds. The van der Waals surface area contributed by atoms with Crippen molar-refractivity contribution in [1.82, 2.24) is 20.1 Å². The zero-order valence-electron chi connectivity index (χ0n) is 11.4. The summed E-state index contributed by atoms with van der Waals surface area (Å²) in [5.41, 5.74) is 2.61. The minimum absolute atomic E-state index is 0.256. The molecule has 1 aromatic heterocycles. The lowest BCUT2D eigenvalue weighted by molar-refractivity contribution is 0.457. The number of rotatable bonds is 4. The lowest BCUT2D eigenvalue weighted by Crippen LogP contribution is -2.24. The van der Waals surface area contributed by atoms with Crippen LogP contribution in [0, 0.1) is 20.8 Å².